The van der Waals surface area contributed by atoms with Gasteiger partial charge in [0.1, 0.15) is 17.1 Å². The summed E-state index contributed by atoms with van der Waals surface area (Å²) in [6, 6.07) is 3.74. The third-order valence-electron chi connectivity index (χ3n) is 3.49. The molecule has 7 nitrogen and oxygen atoms in total. The van der Waals surface area contributed by atoms with E-state index >= 15 is 0 Å². The number of hydrogen-bond acceptors (Lipinski definition) is 5. The quantitative estimate of drug-likeness (QED) is 0.796. The first-order valence-electron chi connectivity index (χ1n) is 6.69. The molecule has 0 aliphatic carbocycles. The van der Waals surface area contributed by atoms with E-state index in [4.69, 9.17) is 0 Å². The zero-order valence-corrected chi connectivity index (χ0v) is 13.2. The first-order valence-corrected chi connectivity index (χ1v) is 7.57. The first-order chi connectivity index (χ1) is 10.4. The van der Waals surface area contributed by atoms with Crippen LogP contribution in [-0.2, 0) is 10.3 Å². The fourth-order valence-electron chi connectivity index (χ4n) is 2.02. The van der Waals surface area contributed by atoms with E-state index in [1.807, 2.05) is 42.9 Å². The summed E-state index contributed by atoms with van der Waals surface area (Å²) in [5.74, 6) is 0.322. The molecule has 0 bridgehead atoms. The normalized spacial score (nSPS) is 11.8. The van der Waals surface area contributed by atoms with Crippen LogP contribution in [0.25, 0.3) is 4.96 Å². The lowest BCUT2D eigenvalue weighted by atomic mass is 10.0. The van der Waals surface area contributed by atoms with Crippen LogP contribution in [0.5, 0.6) is 0 Å². The number of carbonyl (C=O) groups is 1. The van der Waals surface area contributed by atoms with Gasteiger partial charge in [-0.15, -0.1) is 11.3 Å². The Hall–Kier alpha value is -2.48. The van der Waals surface area contributed by atoms with Crippen molar-refractivity contribution in [2.75, 3.05) is 5.32 Å². The van der Waals surface area contributed by atoms with Crippen molar-refractivity contribution in [2.45, 2.75) is 26.3 Å². The second-order valence-corrected chi connectivity index (χ2v) is 6.26. The molecular weight excluding hydrogens is 302 g/mol. The highest BCUT2D eigenvalue weighted by Gasteiger charge is 2.29. The highest BCUT2D eigenvalue weighted by molar-refractivity contribution is 7.15. The van der Waals surface area contributed by atoms with Crippen molar-refractivity contribution >= 4 is 28.0 Å². The Balaban J connectivity index is 1.95. The van der Waals surface area contributed by atoms with Gasteiger partial charge in [0.2, 0.25) is 4.96 Å². The minimum Gasteiger partial charge on any atom is -0.340 e. The Bertz CT molecular complexity index is 892. The monoisotopic (exact) mass is 317 g/mol. The molecule has 3 heterocycles. The fourth-order valence-corrected chi connectivity index (χ4v) is 2.77. The molecule has 0 atom stereocenters. The molecule has 3 aromatic rings. The molecule has 8 heteroatoms. The Labute approximate surface area is 130 Å². The van der Waals surface area contributed by atoms with Crippen LogP contribution in [0.3, 0.4) is 0 Å². The lowest BCUT2D eigenvalue weighted by Crippen LogP contribution is -2.39. The van der Waals surface area contributed by atoms with Gasteiger partial charge in [-0.1, -0.05) is 0 Å². The van der Waals surface area contributed by atoms with Crippen LogP contribution in [0, 0.1) is 6.92 Å². The summed E-state index contributed by atoms with van der Waals surface area (Å²) in [4.78, 5) is 28.5. The molecule has 0 aromatic carbocycles. The molecule has 0 aliphatic rings. The van der Waals surface area contributed by atoms with Crippen LogP contribution in [0.1, 0.15) is 19.5 Å². The number of nitrogens with one attached hydrogen (secondary N) is 1. The summed E-state index contributed by atoms with van der Waals surface area (Å²) in [6.45, 7) is 5.25. The maximum atomic E-state index is 12.6. The van der Waals surface area contributed by atoms with Crippen LogP contribution >= 0.6 is 11.3 Å². The van der Waals surface area contributed by atoms with Crippen molar-refractivity contribution < 1.29 is 4.79 Å². The van der Waals surface area contributed by atoms with E-state index in [0.29, 0.717) is 10.8 Å². The lowest BCUT2D eigenvalue weighted by Gasteiger charge is -2.25. The van der Waals surface area contributed by atoms with Gasteiger partial charge in [0, 0.05) is 17.8 Å². The van der Waals surface area contributed by atoms with Crippen LogP contribution in [-0.4, -0.2) is 25.1 Å². The second-order valence-electron chi connectivity index (χ2n) is 5.42. The van der Waals surface area contributed by atoms with Gasteiger partial charge in [0.05, 0.1) is 0 Å². The number of carbonyl (C=O) groups excluding carboxylic acids is 1. The number of rotatable bonds is 3. The van der Waals surface area contributed by atoms with E-state index in [1.165, 1.54) is 15.9 Å². The fraction of sp³-hybridized carbons (Fsp3) is 0.286. The van der Waals surface area contributed by atoms with Gasteiger partial charge in [-0.25, -0.2) is 0 Å². The van der Waals surface area contributed by atoms with Gasteiger partial charge < -0.3 is 9.88 Å². The maximum Gasteiger partial charge on any atom is 0.295 e. The Morgan fingerprint density at radius 2 is 2.00 bits per heavy atom. The van der Waals surface area contributed by atoms with Crippen molar-refractivity contribution in [1.29, 1.82) is 0 Å². The predicted octanol–water partition coefficient (Wildman–Crippen LogP) is 1.63. The molecule has 3 aromatic heterocycles. The van der Waals surface area contributed by atoms with E-state index in [1.54, 1.807) is 12.3 Å². The molecule has 22 heavy (non-hydrogen) atoms. The number of nitrogens with zero attached hydrogens (tertiary/aromatic N) is 4. The summed E-state index contributed by atoms with van der Waals surface area (Å²) < 4.78 is 3.30. The van der Waals surface area contributed by atoms with Gasteiger partial charge in [0.25, 0.3) is 11.5 Å². The summed E-state index contributed by atoms with van der Waals surface area (Å²) in [5.41, 5.74) is -0.817. The van der Waals surface area contributed by atoms with Crippen LogP contribution in [0.15, 0.2) is 34.7 Å². The maximum absolute atomic E-state index is 12.6. The number of hydrogen-bond donors (Lipinski definition) is 1. The van der Waals surface area contributed by atoms with E-state index in [2.05, 4.69) is 15.4 Å². The third-order valence-corrected chi connectivity index (χ3v) is 4.31. The van der Waals surface area contributed by atoms with Gasteiger partial charge in [0.15, 0.2) is 0 Å². The minimum atomic E-state index is -0.751. The SMILES string of the molecule is Cc1nn2c(NC(=O)C(C)(C)n3cccc3)csc2nc1=O. The standard InChI is InChI=1S/C14H15N5O2S/c1-9-11(20)16-13-19(17-9)10(8-22-13)15-12(21)14(2,3)18-6-4-5-7-18/h4-8H,1-3H3,(H,15,21). The summed E-state index contributed by atoms with van der Waals surface area (Å²) in [6.07, 6.45) is 3.68. The Kier molecular flexibility index (Phi) is 3.32. The average molecular weight is 317 g/mol. The lowest BCUT2D eigenvalue weighted by molar-refractivity contribution is -0.123. The number of anilines is 1. The highest BCUT2D eigenvalue weighted by Crippen LogP contribution is 2.21. The Morgan fingerprint density at radius 3 is 2.68 bits per heavy atom. The summed E-state index contributed by atoms with van der Waals surface area (Å²) >= 11 is 1.25. The first kappa shape index (κ1) is 14.5. The number of thiazole rings is 1. The summed E-state index contributed by atoms with van der Waals surface area (Å²) in [5, 5.41) is 8.73. The van der Waals surface area contributed by atoms with Crippen molar-refractivity contribution in [1.82, 2.24) is 19.2 Å². The van der Waals surface area contributed by atoms with Gasteiger partial charge in [-0.2, -0.15) is 14.6 Å². The van der Waals surface area contributed by atoms with E-state index in [0.717, 1.165) is 0 Å². The molecule has 0 aliphatic heterocycles. The average Bonchev–Trinajstić information content (AvgIpc) is 3.11. The van der Waals surface area contributed by atoms with Crippen molar-refractivity contribution in [3.8, 4) is 0 Å². The van der Waals surface area contributed by atoms with Gasteiger partial charge in [-0.05, 0) is 32.9 Å². The van der Waals surface area contributed by atoms with E-state index < -0.39 is 5.54 Å². The molecule has 0 saturated heterocycles. The molecule has 0 fully saturated rings. The molecule has 0 radical (unpaired) electrons. The van der Waals surface area contributed by atoms with E-state index in [-0.39, 0.29) is 17.2 Å². The topological polar surface area (TPSA) is 81.3 Å². The zero-order chi connectivity index (χ0) is 15.9. The minimum absolute atomic E-state index is 0.179. The molecule has 0 spiro atoms. The van der Waals surface area contributed by atoms with Gasteiger partial charge >= 0.3 is 0 Å². The van der Waals surface area contributed by atoms with Crippen LogP contribution in [0.4, 0.5) is 5.82 Å². The molecule has 0 saturated carbocycles. The van der Waals surface area contributed by atoms with Crippen molar-refractivity contribution in [3.63, 3.8) is 0 Å². The Morgan fingerprint density at radius 1 is 1.32 bits per heavy atom. The smallest absolute Gasteiger partial charge is 0.295 e. The molecule has 1 N–H and O–H groups in total. The third kappa shape index (κ3) is 2.31. The highest BCUT2D eigenvalue weighted by atomic mass is 32.1. The number of amides is 1. The van der Waals surface area contributed by atoms with Crippen molar-refractivity contribution in [3.05, 3.63) is 46.0 Å². The van der Waals surface area contributed by atoms with Crippen LogP contribution in [0.2, 0.25) is 0 Å². The molecule has 3 rings (SSSR count). The van der Waals surface area contributed by atoms with E-state index in [9.17, 15) is 9.59 Å². The number of aryl methyl sites for hydroxylation is 1. The molecule has 0 unspecified atom stereocenters. The second kappa shape index (κ2) is 5.06. The largest absolute Gasteiger partial charge is 0.340 e. The summed E-state index contributed by atoms with van der Waals surface area (Å²) in [7, 11) is 0. The predicted molar refractivity (Wildman–Crippen MR) is 84.3 cm³/mol. The molecule has 1 amide bonds. The van der Waals surface area contributed by atoms with Crippen LogP contribution < -0.4 is 10.9 Å². The number of aromatic nitrogens is 4. The van der Waals surface area contributed by atoms with Gasteiger partial charge in [-0.3, -0.25) is 9.59 Å². The molecular formula is C14H15N5O2S. The van der Waals surface area contributed by atoms with Crippen molar-refractivity contribution in [2.24, 2.45) is 0 Å². The zero-order valence-electron chi connectivity index (χ0n) is 12.4. The molecule has 114 valence electrons. The number of fused-ring (bicyclic) bond motifs is 1.